The summed E-state index contributed by atoms with van der Waals surface area (Å²) in [6.07, 6.45) is 3.77. The molecular formula is C20H22N6O. The lowest BCUT2D eigenvalue weighted by Crippen LogP contribution is -2.44. The Balaban J connectivity index is 1.36. The summed E-state index contributed by atoms with van der Waals surface area (Å²) in [4.78, 5) is 19.6. The first kappa shape index (κ1) is 16.3. The molecule has 0 saturated carbocycles. The molecule has 0 bridgehead atoms. The number of hydrogen-bond donors (Lipinski definition) is 2. The zero-order valence-electron chi connectivity index (χ0n) is 15.1. The SMILES string of the molecule is O=C(N[C@@H]1CCc2ccccc21)c1ccn2nc(N3CCNCC3)nc2c1. The van der Waals surface area contributed by atoms with Crippen LogP contribution in [0, 0.1) is 0 Å². The number of pyridine rings is 1. The summed E-state index contributed by atoms with van der Waals surface area (Å²) in [5, 5.41) is 11.0. The monoisotopic (exact) mass is 362 g/mol. The molecule has 138 valence electrons. The number of nitrogens with one attached hydrogen (secondary N) is 2. The summed E-state index contributed by atoms with van der Waals surface area (Å²) in [6.45, 7) is 3.66. The highest BCUT2D eigenvalue weighted by molar-refractivity contribution is 5.95. The number of benzene rings is 1. The Morgan fingerprint density at radius 1 is 1.19 bits per heavy atom. The molecule has 0 radical (unpaired) electrons. The molecule has 0 unspecified atom stereocenters. The quantitative estimate of drug-likeness (QED) is 0.740. The van der Waals surface area contributed by atoms with E-state index in [-0.39, 0.29) is 11.9 Å². The third-order valence-corrected chi connectivity index (χ3v) is 5.43. The Morgan fingerprint density at radius 2 is 2.04 bits per heavy atom. The molecule has 1 saturated heterocycles. The molecule has 2 aromatic heterocycles. The van der Waals surface area contributed by atoms with Gasteiger partial charge in [-0.2, -0.15) is 4.98 Å². The van der Waals surface area contributed by atoms with Crippen LogP contribution in [0.1, 0.15) is 33.9 Å². The van der Waals surface area contributed by atoms with Gasteiger partial charge in [0.15, 0.2) is 5.65 Å². The largest absolute Gasteiger partial charge is 0.345 e. The first-order chi connectivity index (χ1) is 13.3. The number of aromatic nitrogens is 3. The van der Waals surface area contributed by atoms with E-state index in [1.54, 1.807) is 10.6 Å². The van der Waals surface area contributed by atoms with Crippen molar-refractivity contribution < 1.29 is 4.79 Å². The van der Waals surface area contributed by atoms with Crippen LogP contribution in [-0.2, 0) is 6.42 Å². The Labute approximate surface area is 157 Å². The van der Waals surface area contributed by atoms with Gasteiger partial charge in [-0.1, -0.05) is 24.3 Å². The molecule has 2 aliphatic rings. The molecule has 1 fully saturated rings. The number of piperazine rings is 1. The summed E-state index contributed by atoms with van der Waals surface area (Å²) in [5.74, 6) is 0.657. The van der Waals surface area contributed by atoms with Crippen LogP contribution in [0.5, 0.6) is 0 Å². The summed E-state index contributed by atoms with van der Waals surface area (Å²) in [7, 11) is 0. The summed E-state index contributed by atoms with van der Waals surface area (Å²) in [6, 6.07) is 12.0. The van der Waals surface area contributed by atoms with Crippen molar-refractivity contribution in [1.82, 2.24) is 25.2 Å². The minimum absolute atomic E-state index is 0.0640. The fourth-order valence-electron chi connectivity index (χ4n) is 3.96. The Kier molecular flexibility index (Phi) is 4.01. The van der Waals surface area contributed by atoms with Gasteiger partial charge in [0.2, 0.25) is 5.95 Å². The molecule has 1 aromatic carbocycles. The van der Waals surface area contributed by atoms with Crippen LogP contribution in [0.15, 0.2) is 42.6 Å². The number of amides is 1. The lowest BCUT2D eigenvalue weighted by Gasteiger charge is -2.25. The van der Waals surface area contributed by atoms with Crippen LogP contribution in [0.25, 0.3) is 5.65 Å². The first-order valence-corrected chi connectivity index (χ1v) is 9.49. The summed E-state index contributed by atoms with van der Waals surface area (Å²) >= 11 is 0. The topological polar surface area (TPSA) is 74.6 Å². The van der Waals surface area contributed by atoms with Gasteiger partial charge in [0.25, 0.3) is 5.91 Å². The fraction of sp³-hybridized carbons (Fsp3) is 0.350. The molecule has 7 nitrogen and oxygen atoms in total. The van der Waals surface area contributed by atoms with Gasteiger partial charge < -0.3 is 15.5 Å². The maximum Gasteiger partial charge on any atom is 0.251 e. The van der Waals surface area contributed by atoms with E-state index in [0.29, 0.717) is 11.2 Å². The van der Waals surface area contributed by atoms with Crippen LogP contribution < -0.4 is 15.5 Å². The van der Waals surface area contributed by atoms with Crippen molar-refractivity contribution in [3.8, 4) is 0 Å². The number of hydrogen-bond acceptors (Lipinski definition) is 5. The maximum absolute atomic E-state index is 12.8. The molecule has 7 heteroatoms. The average Bonchev–Trinajstić information content (AvgIpc) is 3.32. The van der Waals surface area contributed by atoms with Crippen LogP contribution in [-0.4, -0.2) is 46.7 Å². The second-order valence-electron chi connectivity index (χ2n) is 7.13. The summed E-state index contributed by atoms with van der Waals surface area (Å²) in [5.41, 5.74) is 3.88. The number of rotatable bonds is 3. The van der Waals surface area contributed by atoms with E-state index in [4.69, 9.17) is 0 Å². The van der Waals surface area contributed by atoms with E-state index in [2.05, 4.69) is 43.8 Å². The predicted molar refractivity (Wildman–Crippen MR) is 103 cm³/mol. The van der Waals surface area contributed by atoms with Gasteiger partial charge in [0.05, 0.1) is 6.04 Å². The highest BCUT2D eigenvalue weighted by Gasteiger charge is 2.24. The molecule has 1 amide bonds. The van der Waals surface area contributed by atoms with Crippen LogP contribution in [0.4, 0.5) is 5.95 Å². The number of anilines is 1. The molecule has 3 aromatic rings. The van der Waals surface area contributed by atoms with Crippen LogP contribution in [0.2, 0.25) is 0 Å². The number of nitrogens with zero attached hydrogens (tertiary/aromatic N) is 4. The Morgan fingerprint density at radius 3 is 2.93 bits per heavy atom. The van der Waals surface area contributed by atoms with Crippen molar-refractivity contribution in [2.24, 2.45) is 0 Å². The lowest BCUT2D eigenvalue weighted by atomic mass is 10.1. The van der Waals surface area contributed by atoms with Crippen molar-refractivity contribution in [2.45, 2.75) is 18.9 Å². The van der Waals surface area contributed by atoms with E-state index in [0.717, 1.165) is 45.0 Å². The predicted octanol–water partition coefficient (Wildman–Crippen LogP) is 1.56. The number of carbonyl (C=O) groups excluding carboxylic acids is 1. The molecule has 1 aliphatic carbocycles. The normalized spacial score (nSPS) is 19.3. The van der Waals surface area contributed by atoms with Gasteiger partial charge in [-0.05, 0) is 36.1 Å². The molecule has 5 rings (SSSR count). The molecule has 1 aliphatic heterocycles. The Bertz CT molecular complexity index is 991. The van der Waals surface area contributed by atoms with Gasteiger partial charge in [-0.3, -0.25) is 4.79 Å². The summed E-state index contributed by atoms with van der Waals surface area (Å²) < 4.78 is 1.74. The fourth-order valence-corrected chi connectivity index (χ4v) is 3.96. The van der Waals surface area contributed by atoms with E-state index in [1.807, 2.05) is 18.3 Å². The van der Waals surface area contributed by atoms with E-state index >= 15 is 0 Å². The van der Waals surface area contributed by atoms with E-state index in [9.17, 15) is 4.79 Å². The third kappa shape index (κ3) is 3.04. The standard InChI is InChI=1S/C20H22N6O/c27-19(22-17-6-5-14-3-1-2-4-16(14)17)15-7-10-26-18(13-15)23-20(24-26)25-11-8-21-9-12-25/h1-4,7,10,13,17,21H,5-6,8-9,11-12H2,(H,22,27)/t17-/m1/s1. The van der Waals surface area contributed by atoms with Gasteiger partial charge >= 0.3 is 0 Å². The minimum Gasteiger partial charge on any atom is -0.345 e. The van der Waals surface area contributed by atoms with Gasteiger partial charge in [-0.15, -0.1) is 5.10 Å². The lowest BCUT2D eigenvalue weighted by molar-refractivity contribution is 0.0936. The van der Waals surface area contributed by atoms with Gasteiger partial charge in [0, 0.05) is 37.9 Å². The highest BCUT2D eigenvalue weighted by atomic mass is 16.1. The van der Waals surface area contributed by atoms with Crippen molar-refractivity contribution in [1.29, 1.82) is 0 Å². The van der Waals surface area contributed by atoms with Gasteiger partial charge in [0.1, 0.15) is 0 Å². The second-order valence-corrected chi connectivity index (χ2v) is 7.13. The van der Waals surface area contributed by atoms with Crippen molar-refractivity contribution in [3.05, 3.63) is 59.3 Å². The molecule has 2 N–H and O–H groups in total. The maximum atomic E-state index is 12.8. The second kappa shape index (κ2) is 6.66. The van der Waals surface area contributed by atoms with Crippen LogP contribution >= 0.6 is 0 Å². The van der Waals surface area contributed by atoms with Crippen molar-refractivity contribution in [2.75, 3.05) is 31.1 Å². The zero-order valence-corrected chi connectivity index (χ0v) is 15.1. The van der Waals surface area contributed by atoms with Crippen molar-refractivity contribution >= 4 is 17.5 Å². The minimum atomic E-state index is -0.0640. The third-order valence-electron chi connectivity index (χ3n) is 5.43. The van der Waals surface area contributed by atoms with Gasteiger partial charge in [-0.25, -0.2) is 4.52 Å². The zero-order chi connectivity index (χ0) is 18.2. The first-order valence-electron chi connectivity index (χ1n) is 9.49. The molecule has 3 heterocycles. The highest BCUT2D eigenvalue weighted by Crippen LogP contribution is 2.30. The van der Waals surface area contributed by atoms with E-state index < -0.39 is 0 Å². The number of carbonyl (C=O) groups is 1. The molecule has 27 heavy (non-hydrogen) atoms. The van der Waals surface area contributed by atoms with Crippen LogP contribution in [0.3, 0.4) is 0 Å². The number of fused-ring (bicyclic) bond motifs is 2. The molecule has 1 atom stereocenters. The number of aryl methyl sites for hydroxylation is 1. The Hall–Kier alpha value is -2.93. The smallest absolute Gasteiger partial charge is 0.251 e. The van der Waals surface area contributed by atoms with E-state index in [1.165, 1.54) is 11.1 Å². The molecule has 0 spiro atoms. The molecular weight excluding hydrogens is 340 g/mol. The average molecular weight is 362 g/mol. The van der Waals surface area contributed by atoms with Crippen molar-refractivity contribution in [3.63, 3.8) is 0 Å².